The van der Waals surface area contributed by atoms with Gasteiger partial charge in [-0.25, -0.2) is 4.98 Å². The van der Waals surface area contributed by atoms with Gasteiger partial charge in [0.2, 0.25) is 0 Å². The van der Waals surface area contributed by atoms with Gasteiger partial charge >= 0.3 is 0 Å². The first-order chi connectivity index (χ1) is 9.56. The zero-order valence-corrected chi connectivity index (χ0v) is 11.9. The first kappa shape index (κ1) is 12.9. The minimum absolute atomic E-state index is 0.166. The molecule has 0 saturated carbocycles. The molecule has 0 fully saturated rings. The van der Waals surface area contributed by atoms with E-state index in [1.54, 1.807) is 6.20 Å². The third-order valence-electron chi connectivity index (χ3n) is 3.10. The highest BCUT2D eigenvalue weighted by molar-refractivity contribution is 7.22. The number of thiophene rings is 1. The van der Waals surface area contributed by atoms with Crippen molar-refractivity contribution in [1.82, 2.24) is 25.4 Å². The number of hydrogen-bond acceptors (Lipinski definition) is 6. The number of fused-ring (bicyclic) bond motifs is 1. The van der Waals surface area contributed by atoms with E-state index >= 15 is 0 Å². The van der Waals surface area contributed by atoms with Gasteiger partial charge in [-0.05, 0) is 12.0 Å². The second kappa shape index (κ2) is 4.80. The van der Waals surface area contributed by atoms with Gasteiger partial charge in [0.15, 0.2) is 0 Å². The van der Waals surface area contributed by atoms with Crippen LogP contribution in [0.4, 0.5) is 0 Å². The molecule has 0 aliphatic rings. The second-order valence-corrected chi connectivity index (χ2v) is 5.95. The van der Waals surface area contributed by atoms with Crippen LogP contribution in [0.1, 0.15) is 25.7 Å². The third-order valence-corrected chi connectivity index (χ3v) is 4.25. The summed E-state index contributed by atoms with van der Waals surface area (Å²) in [7, 11) is 0. The third kappa shape index (κ3) is 2.12. The van der Waals surface area contributed by atoms with Crippen molar-refractivity contribution in [3.05, 3.63) is 28.4 Å². The van der Waals surface area contributed by atoms with Crippen LogP contribution in [-0.4, -0.2) is 25.4 Å². The van der Waals surface area contributed by atoms with Crippen LogP contribution >= 0.6 is 11.3 Å². The summed E-state index contributed by atoms with van der Waals surface area (Å²) in [5.41, 5.74) is 7.21. The van der Waals surface area contributed by atoms with E-state index in [9.17, 15) is 4.79 Å². The Hall–Kier alpha value is -2.06. The van der Waals surface area contributed by atoms with E-state index in [1.807, 2.05) is 19.9 Å². The lowest BCUT2D eigenvalue weighted by molar-refractivity contribution is 0.491. The molecule has 0 radical (unpaired) electrons. The molecule has 0 saturated heterocycles. The number of hydrogen-bond donors (Lipinski definition) is 3. The van der Waals surface area contributed by atoms with Gasteiger partial charge in [0, 0.05) is 0 Å². The molecule has 8 heteroatoms. The van der Waals surface area contributed by atoms with Crippen LogP contribution in [0.25, 0.3) is 20.8 Å². The molecule has 3 aromatic heterocycles. The minimum Gasteiger partial charge on any atom is -0.321 e. The summed E-state index contributed by atoms with van der Waals surface area (Å²) in [5, 5.41) is 10.3. The average Bonchev–Trinajstić information content (AvgIpc) is 3.05. The molecule has 0 aliphatic carbocycles. The number of rotatable bonds is 3. The van der Waals surface area contributed by atoms with E-state index in [4.69, 9.17) is 5.73 Å². The summed E-state index contributed by atoms with van der Waals surface area (Å²) in [4.78, 5) is 20.2. The monoisotopic (exact) mass is 290 g/mol. The van der Waals surface area contributed by atoms with Crippen molar-refractivity contribution in [3.63, 3.8) is 0 Å². The Labute approximate surface area is 118 Å². The van der Waals surface area contributed by atoms with E-state index in [-0.39, 0.29) is 17.5 Å². The molecule has 7 nitrogen and oxygen atoms in total. The summed E-state index contributed by atoms with van der Waals surface area (Å²) in [6, 6.07) is 1.55. The maximum atomic E-state index is 12.1. The van der Waals surface area contributed by atoms with Gasteiger partial charge in [-0.2, -0.15) is 15.4 Å². The van der Waals surface area contributed by atoms with Gasteiger partial charge in [-0.3, -0.25) is 4.79 Å². The maximum Gasteiger partial charge on any atom is 0.268 e. The first-order valence-corrected chi connectivity index (χ1v) is 7.03. The van der Waals surface area contributed by atoms with E-state index in [2.05, 4.69) is 25.4 Å². The quantitative estimate of drug-likeness (QED) is 0.675. The standard InChI is InChI=1S/C12H14N6OS/c1-5(2)9(13)11-15-6-3-8(7-4-14-18-17-7)20-10(6)12(19)16-11/h3-5,9H,13H2,1-2H3,(H,14,17,18)(H,15,16,19). The highest BCUT2D eigenvalue weighted by Crippen LogP contribution is 2.29. The fourth-order valence-electron chi connectivity index (χ4n) is 1.88. The Morgan fingerprint density at radius 1 is 1.40 bits per heavy atom. The van der Waals surface area contributed by atoms with Crippen LogP contribution in [0, 0.1) is 5.92 Å². The van der Waals surface area contributed by atoms with Crippen molar-refractivity contribution in [3.8, 4) is 10.6 Å². The Balaban J connectivity index is 2.15. The maximum absolute atomic E-state index is 12.1. The highest BCUT2D eigenvalue weighted by Gasteiger charge is 2.17. The molecule has 1 unspecified atom stereocenters. The van der Waals surface area contributed by atoms with Gasteiger partial charge in [0.05, 0.1) is 22.6 Å². The number of nitrogens with one attached hydrogen (secondary N) is 2. The van der Waals surface area contributed by atoms with Crippen molar-refractivity contribution in [2.75, 3.05) is 0 Å². The Morgan fingerprint density at radius 3 is 2.85 bits per heavy atom. The molecule has 4 N–H and O–H groups in total. The van der Waals surface area contributed by atoms with Crippen molar-refractivity contribution in [2.45, 2.75) is 19.9 Å². The van der Waals surface area contributed by atoms with Crippen molar-refractivity contribution in [1.29, 1.82) is 0 Å². The summed E-state index contributed by atoms with van der Waals surface area (Å²) in [6.07, 6.45) is 1.61. The molecule has 3 heterocycles. The van der Waals surface area contributed by atoms with Gasteiger partial charge < -0.3 is 10.7 Å². The van der Waals surface area contributed by atoms with Crippen LogP contribution in [-0.2, 0) is 0 Å². The molecule has 0 spiro atoms. The number of H-pyrrole nitrogens is 2. The predicted octanol–water partition coefficient (Wildman–Crippen LogP) is 1.43. The van der Waals surface area contributed by atoms with Crippen LogP contribution in [0.15, 0.2) is 17.1 Å². The van der Waals surface area contributed by atoms with Crippen molar-refractivity contribution >= 4 is 21.6 Å². The van der Waals surface area contributed by atoms with Gasteiger partial charge in [0.25, 0.3) is 5.56 Å². The minimum atomic E-state index is -0.289. The predicted molar refractivity (Wildman–Crippen MR) is 77.4 cm³/mol. The summed E-state index contributed by atoms with van der Waals surface area (Å²) in [5.74, 6) is 0.714. The Kier molecular flexibility index (Phi) is 3.11. The van der Waals surface area contributed by atoms with Crippen LogP contribution in [0.3, 0.4) is 0 Å². The average molecular weight is 290 g/mol. The molecule has 1 atom stereocenters. The molecule has 0 aromatic carbocycles. The van der Waals surface area contributed by atoms with E-state index in [0.29, 0.717) is 21.7 Å². The lowest BCUT2D eigenvalue weighted by Crippen LogP contribution is -2.23. The summed E-state index contributed by atoms with van der Waals surface area (Å²) in [6.45, 7) is 3.98. The van der Waals surface area contributed by atoms with Crippen LogP contribution in [0.5, 0.6) is 0 Å². The summed E-state index contributed by atoms with van der Waals surface area (Å²) >= 11 is 1.34. The van der Waals surface area contributed by atoms with E-state index < -0.39 is 0 Å². The molecule has 20 heavy (non-hydrogen) atoms. The molecular formula is C12H14N6OS. The first-order valence-electron chi connectivity index (χ1n) is 6.21. The molecular weight excluding hydrogens is 276 g/mol. The molecule has 3 rings (SSSR count). The van der Waals surface area contributed by atoms with Crippen LogP contribution < -0.4 is 11.3 Å². The highest BCUT2D eigenvalue weighted by atomic mass is 32.1. The Morgan fingerprint density at radius 2 is 2.20 bits per heavy atom. The largest absolute Gasteiger partial charge is 0.321 e. The fraction of sp³-hybridized carbons (Fsp3) is 0.333. The smallest absolute Gasteiger partial charge is 0.268 e. The Bertz CT molecular complexity index is 788. The number of aromatic amines is 2. The molecule has 3 aromatic rings. The number of nitrogens with zero attached hydrogens (tertiary/aromatic N) is 3. The van der Waals surface area contributed by atoms with E-state index in [1.165, 1.54) is 11.3 Å². The molecule has 0 amide bonds. The second-order valence-electron chi connectivity index (χ2n) is 4.90. The van der Waals surface area contributed by atoms with Crippen molar-refractivity contribution in [2.24, 2.45) is 11.7 Å². The lowest BCUT2D eigenvalue weighted by Gasteiger charge is -2.13. The molecule has 0 bridgehead atoms. The number of nitrogens with two attached hydrogens (primary N) is 1. The molecule has 104 valence electrons. The number of aromatic nitrogens is 5. The zero-order valence-electron chi connectivity index (χ0n) is 11.0. The SMILES string of the molecule is CC(C)C(N)c1nc2cc(-c3cn[nH]n3)sc2c(=O)[nH]1. The normalized spacial score (nSPS) is 13.2. The molecule has 0 aliphatic heterocycles. The lowest BCUT2D eigenvalue weighted by atomic mass is 10.1. The topological polar surface area (TPSA) is 113 Å². The fourth-order valence-corrected chi connectivity index (χ4v) is 2.82. The zero-order chi connectivity index (χ0) is 14.3. The van der Waals surface area contributed by atoms with Gasteiger partial charge in [0.1, 0.15) is 16.2 Å². The van der Waals surface area contributed by atoms with E-state index in [0.717, 1.165) is 4.88 Å². The van der Waals surface area contributed by atoms with Crippen molar-refractivity contribution < 1.29 is 0 Å². The van der Waals surface area contributed by atoms with Crippen LogP contribution in [0.2, 0.25) is 0 Å². The summed E-state index contributed by atoms with van der Waals surface area (Å²) < 4.78 is 0.572. The van der Waals surface area contributed by atoms with Gasteiger partial charge in [-0.15, -0.1) is 11.3 Å². The van der Waals surface area contributed by atoms with Gasteiger partial charge in [-0.1, -0.05) is 13.8 Å².